The van der Waals surface area contributed by atoms with E-state index in [4.69, 9.17) is 32.5 Å². The zero-order valence-corrected chi connectivity index (χ0v) is 35.8. The Morgan fingerprint density at radius 1 is 0.683 bits per heavy atom. The Labute approximate surface area is 362 Å². The van der Waals surface area contributed by atoms with Crippen molar-refractivity contribution >= 4 is 28.9 Å². The molecule has 316 valence electrons. The molecule has 0 amide bonds. The van der Waals surface area contributed by atoms with E-state index in [1.54, 1.807) is 0 Å². The lowest BCUT2D eigenvalue weighted by Crippen LogP contribution is -2.49. The van der Waals surface area contributed by atoms with Crippen molar-refractivity contribution < 1.29 is 14.3 Å². The molecule has 4 N–H and O–H groups in total. The number of carbonyl (C=O) groups excluding carboxylic acids is 1. The summed E-state index contributed by atoms with van der Waals surface area (Å²) < 4.78 is 12.2. The number of piperazine rings is 1. The molecule has 0 aliphatic carbocycles. The number of nitrogen functional groups attached to an aromatic ring is 2. The SMILES string of the molecule is CN1C2CC[C@@H]1CC(c1ccc(Cl)cc1)C2C(=O)OCCc1ccc(N)cc1.Nc1ccc(CCCN2CCN(CCOC(c3ccccc3)c3ccccc3)CC2)cc1. The number of hydrogen-bond donors (Lipinski definition) is 2. The van der Waals surface area contributed by atoms with Gasteiger partial charge < -0.3 is 25.8 Å². The molecule has 4 atom stereocenters. The number of hydrogen-bond acceptors (Lipinski definition) is 8. The molecule has 8 nitrogen and oxygen atoms in total. The summed E-state index contributed by atoms with van der Waals surface area (Å²) in [5, 5.41) is 0.724. The van der Waals surface area contributed by atoms with Crippen LogP contribution in [0.4, 0.5) is 11.4 Å². The molecule has 0 spiro atoms. The monoisotopic (exact) mass is 827 g/mol. The summed E-state index contributed by atoms with van der Waals surface area (Å²) in [6.07, 6.45) is 6.22. The van der Waals surface area contributed by atoms with Crippen LogP contribution in [0.1, 0.15) is 65.5 Å². The van der Waals surface area contributed by atoms with E-state index in [1.165, 1.54) is 35.2 Å². The van der Waals surface area contributed by atoms with E-state index in [2.05, 4.69) is 107 Å². The second kappa shape index (κ2) is 21.7. The molecule has 0 radical (unpaired) electrons. The maximum atomic E-state index is 13.1. The largest absolute Gasteiger partial charge is 0.465 e. The molecule has 3 fully saturated rings. The van der Waals surface area contributed by atoms with Crippen molar-refractivity contribution in [1.82, 2.24) is 14.7 Å². The molecular weight excluding hydrogens is 766 g/mol. The summed E-state index contributed by atoms with van der Waals surface area (Å²) in [6.45, 7) is 7.80. The lowest BCUT2D eigenvalue weighted by atomic mass is 9.76. The van der Waals surface area contributed by atoms with Crippen LogP contribution in [0.25, 0.3) is 0 Å². The van der Waals surface area contributed by atoms with E-state index in [-0.39, 0.29) is 30.0 Å². The number of anilines is 2. The molecule has 5 aromatic rings. The van der Waals surface area contributed by atoms with Crippen LogP contribution >= 0.6 is 11.6 Å². The van der Waals surface area contributed by atoms with Gasteiger partial charge in [0.15, 0.2) is 0 Å². The van der Waals surface area contributed by atoms with Gasteiger partial charge in [-0.25, -0.2) is 0 Å². The normalized spacial score (nSPS) is 20.7. The fraction of sp³-hybridized carbons (Fsp3) is 0.392. The van der Waals surface area contributed by atoms with Crippen LogP contribution in [-0.2, 0) is 27.1 Å². The van der Waals surface area contributed by atoms with Crippen LogP contribution in [0.5, 0.6) is 0 Å². The summed E-state index contributed by atoms with van der Waals surface area (Å²) in [4.78, 5) is 20.6. The van der Waals surface area contributed by atoms with Gasteiger partial charge in [-0.15, -0.1) is 0 Å². The minimum absolute atomic E-state index is 0.00738. The number of nitrogens with zero attached hydrogens (tertiary/aromatic N) is 3. The Morgan fingerprint density at radius 3 is 1.82 bits per heavy atom. The van der Waals surface area contributed by atoms with Crippen LogP contribution in [0.2, 0.25) is 5.02 Å². The summed E-state index contributed by atoms with van der Waals surface area (Å²) in [6, 6.07) is 45.8. The third-order valence-electron chi connectivity index (χ3n) is 12.7. The first kappa shape index (κ1) is 43.4. The fourth-order valence-corrected chi connectivity index (χ4v) is 9.38. The minimum atomic E-state index is -0.128. The van der Waals surface area contributed by atoms with Gasteiger partial charge in [0.05, 0.1) is 19.1 Å². The van der Waals surface area contributed by atoms with Crippen LogP contribution in [0.3, 0.4) is 0 Å². The van der Waals surface area contributed by atoms with Crippen molar-refractivity contribution in [2.75, 3.05) is 71.0 Å². The van der Waals surface area contributed by atoms with Crippen molar-refractivity contribution in [3.8, 4) is 0 Å². The minimum Gasteiger partial charge on any atom is -0.465 e. The number of rotatable bonds is 15. The molecule has 8 rings (SSSR count). The van der Waals surface area contributed by atoms with E-state index in [9.17, 15) is 4.79 Å². The molecule has 3 heterocycles. The summed E-state index contributed by atoms with van der Waals surface area (Å²) >= 11 is 6.07. The van der Waals surface area contributed by atoms with Crippen LogP contribution in [0.15, 0.2) is 133 Å². The van der Waals surface area contributed by atoms with Crippen molar-refractivity contribution in [2.45, 2.75) is 62.6 Å². The summed E-state index contributed by atoms with van der Waals surface area (Å²) in [5.74, 6) is -0.0149. The predicted octanol–water partition coefficient (Wildman–Crippen LogP) is 8.90. The lowest BCUT2D eigenvalue weighted by molar-refractivity contribution is -0.153. The van der Waals surface area contributed by atoms with Gasteiger partial charge in [0.2, 0.25) is 0 Å². The zero-order valence-electron chi connectivity index (χ0n) is 35.1. The third-order valence-corrected chi connectivity index (χ3v) is 13.0. The number of piperidine rings is 1. The Balaban J connectivity index is 0.000000183. The first-order valence-electron chi connectivity index (χ1n) is 21.8. The van der Waals surface area contributed by atoms with E-state index in [1.807, 2.05) is 48.5 Å². The molecule has 2 bridgehead atoms. The highest BCUT2D eigenvalue weighted by molar-refractivity contribution is 6.30. The standard InChI is InChI=1S/C28H35N3O.C23H27ClN2O2/c29-27-15-13-24(14-16-27)8-7-17-30-18-20-31(21-19-30)22-23-32-28(25-9-3-1-4-10-25)26-11-5-2-6-12-26;1-26-19-10-11-21(26)22(20(14-19)16-4-6-17(24)7-5-16)23(27)28-13-12-15-2-8-18(25)9-3-15/h1-6,9-16,28H,7-8,17-23,29H2;2-9,19-22H,10-14,25H2,1H3/t;19-,20?,21?,22?/m.1/s1. The van der Waals surface area contributed by atoms with Gasteiger partial charge in [-0.2, -0.15) is 0 Å². The molecule has 3 saturated heterocycles. The molecule has 60 heavy (non-hydrogen) atoms. The Bertz CT molecular complexity index is 1990. The molecule has 0 saturated carbocycles. The summed E-state index contributed by atoms with van der Waals surface area (Å²) in [5.41, 5.74) is 19.2. The van der Waals surface area contributed by atoms with E-state index in [0.717, 1.165) is 87.0 Å². The van der Waals surface area contributed by atoms with E-state index >= 15 is 0 Å². The van der Waals surface area contributed by atoms with Gasteiger partial charge in [-0.1, -0.05) is 109 Å². The molecule has 0 aromatic heterocycles. The number of carbonyl (C=O) groups is 1. The van der Waals surface area contributed by atoms with E-state index < -0.39 is 0 Å². The predicted molar refractivity (Wildman–Crippen MR) is 245 cm³/mol. The van der Waals surface area contributed by atoms with Gasteiger partial charge in [0, 0.05) is 73.5 Å². The summed E-state index contributed by atoms with van der Waals surface area (Å²) in [7, 11) is 2.15. The number of nitrogens with two attached hydrogens (primary N) is 2. The highest BCUT2D eigenvalue weighted by atomic mass is 35.5. The molecule has 3 aliphatic rings. The average molecular weight is 829 g/mol. The number of ether oxygens (including phenoxy) is 2. The maximum Gasteiger partial charge on any atom is 0.311 e. The van der Waals surface area contributed by atoms with Gasteiger partial charge in [-0.05, 0) is 110 Å². The second-order valence-electron chi connectivity index (χ2n) is 16.6. The smallest absolute Gasteiger partial charge is 0.311 e. The van der Waals surface area contributed by atoms with Crippen molar-refractivity contribution in [3.63, 3.8) is 0 Å². The lowest BCUT2D eigenvalue weighted by Gasteiger charge is -2.42. The average Bonchev–Trinajstić information content (AvgIpc) is 3.50. The van der Waals surface area contributed by atoms with Crippen molar-refractivity contribution in [2.24, 2.45) is 5.92 Å². The Hall–Kier alpha value is -4.70. The number of aryl methyl sites for hydroxylation is 1. The first-order chi connectivity index (χ1) is 29.3. The number of fused-ring (bicyclic) bond motifs is 2. The number of esters is 1. The highest BCUT2D eigenvalue weighted by Gasteiger charge is 2.49. The fourth-order valence-electron chi connectivity index (χ4n) is 9.26. The quantitative estimate of drug-likeness (QED) is 0.0799. The number of benzene rings is 5. The van der Waals surface area contributed by atoms with Gasteiger partial charge >= 0.3 is 5.97 Å². The Morgan fingerprint density at radius 2 is 1.23 bits per heavy atom. The van der Waals surface area contributed by atoms with Crippen LogP contribution in [-0.4, -0.2) is 92.3 Å². The van der Waals surface area contributed by atoms with Crippen LogP contribution < -0.4 is 11.5 Å². The molecule has 9 heteroatoms. The van der Waals surface area contributed by atoms with Gasteiger partial charge in [-0.3, -0.25) is 14.6 Å². The molecule has 3 aliphatic heterocycles. The van der Waals surface area contributed by atoms with Gasteiger partial charge in [0.1, 0.15) is 6.10 Å². The van der Waals surface area contributed by atoms with Crippen molar-refractivity contribution in [1.29, 1.82) is 0 Å². The molecular formula is C51H62ClN5O3. The van der Waals surface area contributed by atoms with E-state index in [0.29, 0.717) is 19.1 Å². The maximum absolute atomic E-state index is 13.1. The van der Waals surface area contributed by atoms with Crippen LogP contribution in [0, 0.1) is 5.92 Å². The number of halogens is 1. The second-order valence-corrected chi connectivity index (χ2v) is 17.1. The highest BCUT2D eigenvalue weighted by Crippen LogP contribution is 2.46. The topological polar surface area (TPSA) is 97.3 Å². The third kappa shape index (κ3) is 12.0. The molecule has 5 aromatic carbocycles. The van der Waals surface area contributed by atoms with Crippen molar-refractivity contribution in [3.05, 3.63) is 166 Å². The van der Waals surface area contributed by atoms with Gasteiger partial charge in [0.25, 0.3) is 0 Å². The molecule has 3 unspecified atom stereocenters. The zero-order chi connectivity index (χ0) is 41.7. The first-order valence-corrected chi connectivity index (χ1v) is 22.2. The Kier molecular flexibility index (Phi) is 15.7.